The summed E-state index contributed by atoms with van der Waals surface area (Å²) in [5.41, 5.74) is 6.82. The highest BCUT2D eigenvalue weighted by Crippen LogP contribution is 2.48. The molecule has 0 aromatic carbocycles. The van der Waals surface area contributed by atoms with Gasteiger partial charge in [-0.25, -0.2) is 4.98 Å². The Balaban J connectivity index is 1.53. The topological polar surface area (TPSA) is 118 Å². The van der Waals surface area contributed by atoms with Crippen LogP contribution < -0.4 is 5.73 Å². The van der Waals surface area contributed by atoms with Crippen molar-refractivity contribution in [1.29, 1.82) is 0 Å². The summed E-state index contributed by atoms with van der Waals surface area (Å²) < 4.78 is 20.4. The normalized spacial score (nSPS) is 33.2. The van der Waals surface area contributed by atoms with Gasteiger partial charge in [0.05, 0.1) is 12.9 Å². The Morgan fingerprint density at radius 1 is 1.23 bits per heavy atom. The molecule has 1 spiro atoms. The number of ether oxygens (including phenoxy) is 3. The zero-order chi connectivity index (χ0) is 17.9. The Bertz CT molecular complexity index is 839. The highest BCUT2D eigenvalue weighted by Gasteiger charge is 2.58. The molecule has 5 rings (SSSR count). The van der Waals surface area contributed by atoms with Crippen molar-refractivity contribution in [3.63, 3.8) is 0 Å². The highest BCUT2D eigenvalue weighted by molar-refractivity contribution is 6.28. The molecule has 2 aliphatic heterocycles. The number of halogens is 1. The average molecular weight is 382 g/mol. The van der Waals surface area contributed by atoms with Crippen LogP contribution in [-0.4, -0.2) is 55.3 Å². The molecule has 0 amide bonds. The van der Waals surface area contributed by atoms with E-state index in [0.29, 0.717) is 11.2 Å². The number of nitrogen functional groups attached to an aromatic ring is 1. The van der Waals surface area contributed by atoms with Crippen molar-refractivity contribution in [1.82, 2.24) is 19.5 Å². The Labute approximate surface area is 154 Å². The quantitative estimate of drug-likeness (QED) is 0.749. The number of hydrogen-bond acceptors (Lipinski definition) is 8. The molecule has 1 saturated carbocycles. The lowest BCUT2D eigenvalue weighted by Crippen LogP contribution is -2.37. The maximum Gasteiger partial charge on any atom is 0.226 e. The number of nitrogens with two attached hydrogens (primary N) is 1. The molecule has 4 atom stereocenters. The molecule has 10 heteroatoms. The van der Waals surface area contributed by atoms with Crippen molar-refractivity contribution >= 4 is 28.6 Å². The molecule has 0 bridgehead atoms. The molecule has 0 radical (unpaired) electrons. The van der Waals surface area contributed by atoms with Crippen LogP contribution in [0.4, 0.5) is 5.82 Å². The molecule has 3 fully saturated rings. The fourth-order valence-corrected chi connectivity index (χ4v) is 4.46. The molecule has 3 N–H and O–H groups in total. The van der Waals surface area contributed by atoms with Crippen molar-refractivity contribution in [2.45, 2.75) is 62.4 Å². The van der Waals surface area contributed by atoms with Gasteiger partial charge in [0.2, 0.25) is 5.28 Å². The lowest BCUT2D eigenvalue weighted by molar-refractivity contribution is -0.232. The van der Waals surface area contributed by atoms with E-state index in [0.717, 1.165) is 25.7 Å². The molecule has 0 unspecified atom stereocenters. The Hall–Kier alpha value is -1.52. The van der Waals surface area contributed by atoms with Crippen LogP contribution in [0.5, 0.6) is 0 Å². The third kappa shape index (κ3) is 2.42. The second-order valence-corrected chi connectivity index (χ2v) is 7.42. The van der Waals surface area contributed by atoms with Crippen LogP contribution in [-0.2, 0) is 14.2 Å². The molecule has 3 aliphatic rings. The second-order valence-electron chi connectivity index (χ2n) is 7.09. The van der Waals surface area contributed by atoms with E-state index in [1.54, 1.807) is 10.9 Å². The molecule has 140 valence electrons. The van der Waals surface area contributed by atoms with E-state index < -0.39 is 18.1 Å². The Morgan fingerprint density at radius 2 is 2.00 bits per heavy atom. The first kappa shape index (κ1) is 16.6. The summed E-state index contributed by atoms with van der Waals surface area (Å²) >= 11 is 5.96. The number of nitrogens with zero attached hydrogens (tertiary/aromatic N) is 4. The van der Waals surface area contributed by atoms with Gasteiger partial charge in [-0.05, 0) is 24.4 Å². The van der Waals surface area contributed by atoms with Gasteiger partial charge in [-0.1, -0.05) is 6.42 Å². The first-order chi connectivity index (χ1) is 12.6. The fourth-order valence-electron chi connectivity index (χ4n) is 4.29. The number of aliphatic hydroxyl groups excluding tert-OH is 1. The summed E-state index contributed by atoms with van der Waals surface area (Å²) in [6.45, 7) is -0.151. The van der Waals surface area contributed by atoms with Crippen molar-refractivity contribution < 1.29 is 19.3 Å². The molecular formula is C16H20ClN5O4. The number of aromatic nitrogens is 4. The van der Waals surface area contributed by atoms with E-state index in [9.17, 15) is 5.11 Å². The largest absolute Gasteiger partial charge is 0.394 e. The molecular weight excluding hydrogens is 362 g/mol. The van der Waals surface area contributed by atoms with Crippen LogP contribution in [0.25, 0.3) is 11.2 Å². The summed E-state index contributed by atoms with van der Waals surface area (Å²) in [6, 6.07) is 0. The van der Waals surface area contributed by atoms with E-state index >= 15 is 0 Å². The number of aliphatic hydroxyl groups is 1. The third-order valence-electron chi connectivity index (χ3n) is 5.48. The molecule has 2 aromatic heterocycles. The van der Waals surface area contributed by atoms with Gasteiger partial charge in [0.15, 0.2) is 23.5 Å². The lowest BCUT2D eigenvalue weighted by atomic mass is 9.94. The van der Waals surface area contributed by atoms with Crippen LogP contribution in [0.3, 0.4) is 0 Å². The Kier molecular flexibility index (Phi) is 3.84. The molecule has 2 aromatic rings. The van der Waals surface area contributed by atoms with Crippen molar-refractivity contribution in [3.8, 4) is 0 Å². The van der Waals surface area contributed by atoms with Crippen LogP contribution in [0, 0.1) is 0 Å². The Morgan fingerprint density at radius 3 is 2.77 bits per heavy atom. The van der Waals surface area contributed by atoms with Gasteiger partial charge in [0, 0.05) is 12.8 Å². The monoisotopic (exact) mass is 381 g/mol. The minimum Gasteiger partial charge on any atom is -0.394 e. The van der Waals surface area contributed by atoms with Gasteiger partial charge < -0.3 is 25.1 Å². The van der Waals surface area contributed by atoms with Crippen molar-refractivity contribution in [2.24, 2.45) is 0 Å². The fraction of sp³-hybridized carbons (Fsp3) is 0.688. The van der Waals surface area contributed by atoms with E-state index in [-0.39, 0.29) is 29.9 Å². The van der Waals surface area contributed by atoms with Gasteiger partial charge >= 0.3 is 0 Å². The van der Waals surface area contributed by atoms with Crippen molar-refractivity contribution in [2.75, 3.05) is 12.3 Å². The maximum absolute atomic E-state index is 9.76. The lowest BCUT2D eigenvalue weighted by Gasteiger charge is -2.34. The number of fused-ring (bicyclic) bond motifs is 2. The van der Waals surface area contributed by atoms with Gasteiger partial charge in [-0.2, -0.15) is 9.97 Å². The zero-order valence-corrected chi connectivity index (χ0v) is 14.8. The number of rotatable bonds is 2. The average Bonchev–Trinajstić information content (AvgIpc) is 3.27. The van der Waals surface area contributed by atoms with Crippen LogP contribution in [0.15, 0.2) is 6.33 Å². The van der Waals surface area contributed by atoms with E-state index in [1.807, 2.05) is 0 Å². The number of hydrogen-bond donors (Lipinski definition) is 2. The second kappa shape index (κ2) is 6.00. The first-order valence-electron chi connectivity index (χ1n) is 8.88. The molecule has 9 nitrogen and oxygen atoms in total. The van der Waals surface area contributed by atoms with E-state index in [1.165, 1.54) is 6.42 Å². The molecule has 2 saturated heterocycles. The van der Waals surface area contributed by atoms with Crippen LogP contribution in [0.2, 0.25) is 5.28 Å². The maximum atomic E-state index is 9.76. The zero-order valence-electron chi connectivity index (χ0n) is 14.0. The van der Waals surface area contributed by atoms with Gasteiger partial charge in [0.25, 0.3) is 0 Å². The van der Waals surface area contributed by atoms with Crippen LogP contribution >= 0.6 is 11.6 Å². The summed E-state index contributed by atoms with van der Waals surface area (Å²) in [4.78, 5) is 12.5. The minimum atomic E-state index is -0.578. The van der Waals surface area contributed by atoms with Crippen LogP contribution in [0.1, 0.15) is 38.3 Å². The summed E-state index contributed by atoms with van der Waals surface area (Å²) in [5, 5.41) is 9.80. The van der Waals surface area contributed by atoms with Gasteiger partial charge in [0.1, 0.15) is 23.8 Å². The smallest absolute Gasteiger partial charge is 0.226 e. The number of imidazole rings is 1. The third-order valence-corrected chi connectivity index (χ3v) is 5.65. The van der Waals surface area contributed by atoms with Gasteiger partial charge in [-0.15, -0.1) is 0 Å². The summed E-state index contributed by atoms with van der Waals surface area (Å²) in [7, 11) is 0. The summed E-state index contributed by atoms with van der Waals surface area (Å²) in [6.07, 6.45) is 4.92. The minimum absolute atomic E-state index is 0.0392. The predicted molar refractivity (Wildman–Crippen MR) is 91.3 cm³/mol. The highest BCUT2D eigenvalue weighted by atomic mass is 35.5. The van der Waals surface area contributed by atoms with E-state index in [2.05, 4.69) is 15.0 Å². The summed E-state index contributed by atoms with van der Waals surface area (Å²) in [5.74, 6) is -0.371. The predicted octanol–water partition coefficient (Wildman–Crippen LogP) is 1.40. The van der Waals surface area contributed by atoms with E-state index in [4.69, 9.17) is 31.5 Å². The SMILES string of the molecule is Nc1nc(Cl)nc2c1ncn2[C@@H]1O[C@H](CO)[C@H]2OC3(CCCCC3)O[C@H]21. The van der Waals surface area contributed by atoms with Crippen molar-refractivity contribution in [3.05, 3.63) is 11.6 Å². The first-order valence-corrected chi connectivity index (χ1v) is 9.25. The number of anilines is 1. The standard InChI is InChI=1S/C16H20ClN5O4/c17-15-20-12(18)9-13(21-15)22(7-19-9)14-11-10(8(6-23)24-14)25-16(26-11)4-2-1-3-5-16/h7-8,10-11,14,23H,1-6H2,(H2,18,20,21)/t8-,10-,11-,14-/m1/s1. The molecule has 26 heavy (non-hydrogen) atoms. The molecule has 4 heterocycles. The van der Waals surface area contributed by atoms with Gasteiger partial charge in [-0.3, -0.25) is 4.57 Å². The molecule has 1 aliphatic carbocycles.